The summed E-state index contributed by atoms with van der Waals surface area (Å²) in [4.78, 5) is 41.7. The Morgan fingerprint density at radius 2 is 1.57 bits per heavy atom. The number of unbranched alkanes of at least 4 members (excludes halogenated alkanes) is 1. The van der Waals surface area contributed by atoms with Gasteiger partial charge in [0.1, 0.15) is 17.9 Å². The molecular weight excluding hydrogens is 530 g/mol. The topological polar surface area (TPSA) is 86.0 Å². The normalized spacial score (nSPS) is 14.2. The molecule has 0 saturated carbocycles. The second-order valence-corrected chi connectivity index (χ2v) is 10.1. The van der Waals surface area contributed by atoms with Crippen molar-refractivity contribution in [2.45, 2.75) is 32.4 Å². The number of carbonyl (C=O) groups is 2. The van der Waals surface area contributed by atoms with Crippen molar-refractivity contribution in [2.24, 2.45) is 0 Å². The SMILES string of the molecule is CCCCOC(=O)c1ccc(N2C(=O)c3oc4ccccc4c(=O)c3C2c2ccc(OCc3ccccc3)cc2)cc1. The van der Waals surface area contributed by atoms with E-state index in [0.29, 0.717) is 41.2 Å². The van der Waals surface area contributed by atoms with Gasteiger partial charge in [-0.05, 0) is 66.1 Å². The average Bonchev–Trinajstić information content (AvgIpc) is 3.33. The van der Waals surface area contributed by atoms with Crippen molar-refractivity contribution in [1.29, 1.82) is 0 Å². The highest BCUT2D eigenvalue weighted by Crippen LogP contribution is 2.41. The van der Waals surface area contributed by atoms with Gasteiger partial charge in [-0.3, -0.25) is 14.5 Å². The zero-order chi connectivity index (χ0) is 29.1. The number of carbonyl (C=O) groups excluding carboxylic acids is 2. The van der Waals surface area contributed by atoms with Crippen LogP contribution in [0.15, 0.2) is 112 Å². The Labute approximate surface area is 242 Å². The third-order valence-corrected chi connectivity index (χ3v) is 7.33. The van der Waals surface area contributed by atoms with Gasteiger partial charge in [-0.2, -0.15) is 0 Å². The number of amides is 1. The standard InChI is InChI=1S/C35H29NO6/c1-2-3-21-40-35(39)25-13-17-26(18-14-25)36-31(24-15-19-27(20-16-24)41-22-23-9-5-4-6-10-23)30-32(37)28-11-7-8-12-29(28)42-33(30)34(36)38/h4-20,31H,2-3,21-22H2,1H3. The maximum absolute atomic E-state index is 13.9. The Bertz CT molecular complexity index is 1790. The lowest BCUT2D eigenvalue weighted by atomic mass is 9.98. The molecule has 0 fully saturated rings. The molecule has 2 heterocycles. The van der Waals surface area contributed by atoms with Crippen LogP contribution < -0.4 is 15.1 Å². The Morgan fingerprint density at radius 1 is 0.857 bits per heavy atom. The Balaban J connectivity index is 1.36. The van der Waals surface area contributed by atoms with E-state index in [4.69, 9.17) is 13.9 Å². The number of esters is 1. The van der Waals surface area contributed by atoms with Gasteiger partial charge in [0.2, 0.25) is 5.76 Å². The van der Waals surface area contributed by atoms with Gasteiger partial charge in [0, 0.05) is 5.69 Å². The van der Waals surface area contributed by atoms with Gasteiger partial charge in [-0.25, -0.2) is 4.79 Å². The minimum atomic E-state index is -0.737. The van der Waals surface area contributed by atoms with E-state index >= 15 is 0 Å². The molecule has 0 N–H and O–H groups in total. The number of fused-ring (bicyclic) bond motifs is 2. The number of rotatable bonds is 9. The minimum absolute atomic E-state index is 0.0103. The van der Waals surface area contributed by atoms with Crippen molar-refractivity contribution in [3.05, 3.63) is 141 Å². The molecule has 0 bridgehead atoms. The molecule has 0 radical (unpaired) electrons. The number of benzene rings is 4. The molecule has 210 valence electrons. The molecule has 5 aromatic rings. The van der Waals surface area contributed by atoms with Crippen molar-refractivity contribution >= 4 is 28.5 Å². The number of para-hydroxylation sites is 1. The monoisotopic (exact) mass is 559 g/mol. The molecule has 1 aromatic heterocycles. The molecule has 0 spiro atoms. The van der Waals surface area contributed by atoms with Crippen molar-refractivity contribution in [1.82, 2.24) is 0 Å². The van der Waals surface area contributed by atoms with Crippen LogP contribution in [0.3, 0.4) is 0 Å². The highest BCUT2D eigenvalue weighted by Gasteiger charge is 2.43. The van der Waals surface area contributed by atoms with Crippen molar-refractivity contribution < 1.29 is 23.5 Å². The van der Waals surface area contributed by atoms with Gasteiger partial charge in [-0.1, -0.05) is 67.9 Å². The quantitative estimate of drug-likeness (QED) is 0.142. The summed E-state index contributed by atoms with van der Waals surface area (Å²) in [6.07, 6.45) is 1.71. The summed E-state index contributed by atoms with van der Waals surface area (Å²) in [5, 5.41) is 0.406. The Kier molecular flexibility index (Phi) is 7.56. The number of nitrogens with zero attached hydrogens (tertiary/aromatic N) is 1. The van der Waals surface area contributed by atoms with E-state index in [9.17, 15) is 14.4 Å². The number of ether oxygens (including phenoxy) is 2. The molecule has 1 aliphatic rings. The predicted octanol–water partition coefficient (Wildman–Crippen LogP) is 7.08. The third kappa shape index (κ3) is 5.17. The van der Waals surface area contributed by atoms with Gasteiger partial charge >= 0.3 is 5.97 Å². The van der Waals surface area contributed by atoms with E-state index in [1.54, 1.807) is 53.4 Å². The molecule has 1 aliphatic heterocycles. The predicted molar refractivity (Wildman–Crippen MR) is 160 cm³/mol. The van der Waals surface area contributed by atoms with Gasteiger partial charge < -0.3 is 13.9 Å². The van der Waals surface area contributed by atoms with Crippen molar-refractivity contribution in [2.75, 3.05) is 11.5 Å². The maximum Gasteiger partial charge on any atom is 0.338 e. The molecule has 1 amide bonds. The molecule has 42 heavy (non-hydrogen) atoms. The fourth-order valence-corrected chi connectivity index (χ4v) is 5.14. The maximum atomic E-state index is 13.9. The van der Waals surface area contributed by atoms with E-state index in [-0.39, 0.29) is 16.8 Å². The molecule has 6 rings (SSSR count). The van der Waals surface area contributed by atoms with Crippen LogP contribution in [-0.4, -0.2) is 18.5 Å². The first-order valence-electron chi connectivity index (χ1n) is 14.0. The van der Waals surface area contributed by atoms with E-state index < -0.39 is 17.9 Å². The first-order chi connectivity index (χ1) is 20.5. The summed E-state index contributed by atoms with van der Waals surface area (Å²) in [5.41, 5.74) is 3.05. The van der Waals surface area contributed by atoms with Crippen molar-refractivity contribution in [3.63, 3.8) is 0 Å². The highest BCUT2D eigenvalue weighted by molar-refractivity contribution is 6.10. The first-order valence-corrected chi connectivity index (χ1v) is 14.0. The highest BCUT2D eigenvalue weighted by atomic mass is 16.5. The third-order valence-electron chi connectivity index (χ3n) is 7.33. The van der Waals surface area contributed by atoms with Crippen LogP contribution >= 0.6 is 0 Å². The van der Waals surface area contributed by atoms with E-state index in [1.807, 2.05) is 61.5 Å². The lowest BCUT2D eigenvalue weighted by Gasteiger charge is -2.25. The van der Waals surface area contributed by atoms with Gasteiger partial charge in [0.15, 0.2) is 5.43 Å². The van der Waals surface area contributed by atoms with Gasteiger partial charge in [-0.15, -0.1) is 0 Å². The molecule has 7 heteroatoms. The van der Waals surface area contributed by atoms with Crippen LogP contribution in [0.4, 0.5) is 5.69 Å². The second-order valence-electron chi connectivity index (χ2n) is 10.1. The minimum Gasteiger partial charge on any atom is -0.489 e. The Morgan fingerprint density at radius 3 is 2.31 bits per heavy atom. The molecule has 0 aliphatic carbocycles. The van der Waals surface area contributed by atoms with Gasteiger partial charge in [0.25, 0.3) is 5.91 Å². The van der Waals surface area contributed by atoms with Crippen LogP contribution in [-0.2, 0) is 11.3 Å². The van der Waals surface area contributed by atoms with Crippen LogP contribution in [0.5, 0.6) is 5.75 Å². The van der Waals surface area contributed by atoms with E-state index in [0.717, 1.165) is 24.0 Å². The molecule has 1 atom stereocenters. The molecule has 1 unspecified atom stereocenters. The summed E-state index contributed by atoms with van der Waals surface area (Å²) in [7, 11) is 0. The lowest BCUT2D eigenvalue weighted by Crippen LogP contribution is -2.29. The van der Waals surface area contributed by atoms with E-state index in [1.165, 1.54) is 0 Å². The van der Waals surface area contributed by atoms with Crippen LogP contribution in [0.1, 0.15) is 63.4 Å². The smallest absolute Gasteiger partial charge is 0.338 e. The Hall–Kier alpha value is -5.17. The molecular formula is C35H29NO6. The summed E-state index contributed by atoms with van der Waals surface area (Å²) < 4.78 is 17.3. The number of hydrogen-bond acceptors (Lipinski definition) is 6. The second kappa shape index (κ2) is 11.7. The molecule has 4 aromatic carbocycles. The lowest BCUT2D eigenvalue weighted by molar-refractivity contribution is 0.0499. The molecule has 7 nitrogen and oxygen atoms in total. The summed E-state index contributed by atoms with van der Waals surface area (Å²) in [6.45, 7) is 2.79. The van der Waals surface area contributed by atoms with Gasteiger partial charge in [0.05, 0.1) is 29.2 Å². The summed E-state index contributed by atoms with van der Waals surface area (Å²) in [6, 6.07) is 30.0. The fraction of sp³-hybridized carbons (Fsp3) is 0.171. The van der Waals surface area contributed by atoms with Crippen LogP contribution in [0, 0.1) is 0 Å². The molecule has 0 saturated heterocycles. The number of hydrogen-bond donors (Lipinski definition) is 0. The van der Waals surface area contributed by atoms with Crippen molar-refractivity contribution in [3.8, 4) is 5.75 Å². The average molecular weight is 560 g/mol. The zero-order valence-electron chi connectivity index (χ0n) is 23.1. The fourth-order valence-electron chi connectivity index (χ4n) is 5.14. The first kappa shape index (κ1) is 27.0. The van der Waals surface area contributed by atoms with Crippen LogP contribution in [0.2, 0.25) is 0 Å². The largest absolute Gasteiger partial charge is 0.489 e. The number of anilines is 1. The van der Waals surface area contributed by atoms with E-state index in [2.05, 4.69) is 0 Å². The zero-order valence-corrected chi connectivity index (χ0v) is 23.1. The summed E-state index contributed by atoms with van der Waals surface area (Å²) >= 11 is 0. The van der Waals surface area contributed by atoms with Crippen LogP contribution in [0.25, 0.3) is 11.0 Å². The summed E-state index contributed by atoms with van der Waals surface area (Å²) in [5.74, 6) is -0.177.